The number of aryl methyl sites for hydroxylation is 1. The molecule has 1 aliphatic carbocycles. The van der Waals surface area contributed by atoms with Gasteiger partial charge in [0.05, 0.1) is 40.6 Å². The second-order valence-electron chi connectivity index (χ2n) is 9.59. The summed E-state index contributed by atoms with van der Waals surface area (Å²) in [5.74, 6) is 4.87. The maximum Gasteiger partial charge on any atom is 0.316 e. The topological polar surface area (TPSA) is 161 Å². The third kappa shape index (κ3) is 5.99. The minimum Gasteiger partial charge on any atom is -0.481 e. The summed E-state index contributed by atoms with van der Waals surface area (Å²) in [7, 11) is 1.67. The van der Waals surface area contributed by atoms with Crippen LogP contribution in [-0.2, 0) is 16.0 Å². The number of carbonyl (C=O) groups is 2. The number of piperidine rings is 1. The fourth-order valence-electron chi connectivity index (χ4n) is 4.74. The number of amides is 1. The second-order valence-corrected chi connectivity index (χ2v) is 9.59. The summed E-state index contributed by atoms with van der Waals surface area (Å²) in [5, 5.41) is 10.6. The Morgan fingerprint density at radius 1 is 1.22 bits per heavy atom. The Balaban J connectivity index is 1.55. The molecule has 0 bridgehead atoms. The minimum atomic E-state index is -0.969. The monoisotopic (exact) mass is 509 g/mol. The van der Waals surface area contributed by atoms with Crippen molar-refractivity contribution in [2.75, 3.05) is 25.1 Å². The van der Waals surface area contributed by atoms with E-state index >= 15 is 0 Å². The first-order valence-corrected chi connectivity index (χ1v) is 12.7. The molecule has 2 fully saturated rings. The van der Waals surface area contributed by atoms with Gasteiger partial charge in [-0.2, -0.15) is 4.98 Å². The van der Waals surface area contributed by atoms with Gasteiger partial charge in [-0.1, -0.05) is 13.3 Å². The lowest BCUT2D eigenvalue weighted by Gasteiger charge is -2.32. The number of carbonyl (C=O) groups excluding carboxylic acids is 1. The number of rotatable bonds is 10. The number of carboxylic acids is 1. The highest BCUT2D eigenvalue weighted by Crippen LogP contribution is 2.35. The quantitative estimate of drug-likeness (QED) is 0.320. The summed E-state index contributed by atoms with van der Waals surface area (Å²) in [4.78, 5) is 39.3. The van der Waals surface area contributed by atoms with E-state index in [-0.39, 0.29) is 24.9 Å². The lowest BCUT2D eigenvalue weighted by atomic mass is 9.83. The van der Waals surface area contributed by atoms with Gasteiger partial charge in [-0.25, -0.2) is 15.8 Å². The van der Waals surface area contributed by atoms with Crippen molar-refractivity contribution in [1.82, 2.24) is 20.0 Å². The molecular formula is C26H35N7O4. The molecule has 1 saturated heterocycles. The predicted octanol–water partition coefficient (Wildman–Crippen LogP) is 2.43. The van der Waals surface area contributed by atoms with Crippen LogP contribution >= 0.6 is 0 Å². The van der Waals surface area contributed by atoms with Crippen molar-refractivity contribution in [3.8, 4) is 6.01 Å². The Morgan fingerprint density at radius 2 is 2.00 bits per heavy atom. The number of aromatic nitrogens is 3. The molecule has 1 amide bonds. The highest BCUT2D eigenvalue weighted by atomic mass is 16.5. The van der Waals surface area contributed by atoms with Gasteiger partial charge in [0.2, 0.25) is 5.91 Å². The molecule has 11 nitrogen and oxygen atoms in total. The van der Waals surface area contributed by atoms with E-state index in [1.54, 1.807) is 24.2 Å². The third-order valence-electron chi connectivity index (χ3n) is 7.08. The van der Waals surface area contributed by atoms with Crippen molar-refractivity contribution >= 4 is 23.3 Å². The van der Waals surface area contributed by atoms with Crippen LogP contribution in [0.3, 0.4) is 0 Å². The summed E-state index contributed by atoms with van der Waals surface area (Å²) >= 11 is 0. The van der Waals surface area contributed by atoms with Crippen molar-refractivity contribution in [2.24, 2.45) is 17.5 Å². The van der Waals surface area contributed by atoms with Crippen LogP contribution in [0.2, 0.25) is 0 Å². The first-order valence-electron chi connectivity index (χ1n) is 12.7. The molecular weight excluding hydrogens is 474 g/mol. The molecule has 1 atom stereocenters. The van der Waals surface area contributed by atoms with Crippen molar-refractivity contribution in [1.29, 1.82) is 0 Å². The number of nitrogens with two attached hydrogens (primary N) is 2. The molecule has 5 N–H and O–H groups in total. The molecule has 4 rings (SSSR count). The highest BCUT2D eigenvalue weighted by molar-refractivity contribution is 5.97. The van der Waals surface area contributed by atoms with Crippen LogP contribution in [0.4, 0.5) is 5.69 Å². The Labute approximate surface area is 216 Å². The van der Waals surface area contributed by atoms with E-state index in [2.05, 4.69) is 9.97 Å². The van der Waals surface area contributed by atoms with E-state index in [1.165, 1.54) is 11.4 Å². The molecule has 11 heteroatoms. The van der Waals surface area contributed by atoms with Crippen LogP contribution in [0.1, 0.15) is 68.4 Å². The fourth-order valence-corrected chi connectivity index (χ4v) is 4.74. The van der Waals surface area contributed by atoms with Crippen molar-refractivity contribution in [2.45, 2.75) is 57.8 Å². The molecule has 0 spiro atoms. The third-order valence-corrected chi connectivity index (χ3v) is 7.08. The van der Waals surface area contributed by atoms with Gasteiger partial charge in [-0.05, 0) is 50.3 Å². The fraction of sp³-hybridized carbons (Fsp3) is 0.500. The Bertz CT molecular complexity index is 1180. The SMILES string of the molecule is CCc1nc(/C(N)=C(\COc2nccc(C3CCC3)n2)N(C)N)ccc1N1CCCC(CC(=O)O)C1=O. The molecule has 2 aromatic rings. The highest BCUT2D eigenvalue weighted by Gasteiger charge is 2.32. The number of pyridine rings is 1. The standard InChI is InChI=1S/C26H35N7O4/c1-3-18-21(33-13-5-8-17(25(33)36)14-23(34)35)10-9-20(30-18)24(27)22(32(2)28)15-37-26-29-12-11-19(31-26)16-6-4-7-16/h9-12,16-17H,3-8,13-15,27-28H2,1-2H3,(H,34,35)/b24-22-. The Morgan fingerprint density at radius 3 is 2.65 bits per heavy atom. The minimum absolute atomic E-state index is 0.0549. The van der Waals surface area contributed by atoms with Crippen molar-refractivity contribution < 1.29 is 19.4 Å². The number of ether oxygens (including phenoxy) is 1. The number of hydrogen-bond acceptors (Lipinski definition) is 9. The molecule has 1 unspecified atom stereocenters. The number of aliphatic carboxylic acids is 1. The molecule has 0 radical (unpaired) electrons. The molecule has 2 aromatic heterocycles. The number of nitrogens with zero attached hydrogens (tertiary/aromatic N) is 5. The van der Waals surface area contributed by atoms with Gasteiger partial charge in [0, 0.05) is 31.6 Å². The number of anilines is 1. The maximum atomic E-state index is 13.0. The van der Waals surface area contributed by atoms with E-state index < -0.39 is 11.9 Å². The molecule has 2 aliphatic rings. The van der Waals surface area contributed by atoms with E-state index in [4.69, 9.17) is 26.4 Å². The summed E-state index contributed by atoms with van der Waals surface area (Å²) in [5.41, 5.74) is 10.2. The van der Waals surface area contributed by atoms with Gasteiger partial charge in [0.15, 0.2) is 0 Å². The van der Waals surface area contributed by atoms with E-state index in [9.17, 15) is 9.59 Å². The summed E-state index contributed by atoms with van der Waals surface area (Å²) in [6.45, 7) is 2.53. The van der Waals surface area contributed by atoms with Crippen LogP contribution < -0.4 is 21.2 Å². The normalized spacial score (nSPS) is 18.7. The van der Waals surface area contributed by atoms with Crippen LogP contribution in [0.5, 0.6) is 6.01 Å². The Hall–Kier alpha value is -3.73. The molecule has 198 valence electrons. The lowest BCUT2D eigenvalue weighted by Crippen LogP contribution is -2.42. The van der Waals surface area contributed by atoms with Crippen LogP contribution in [-0.4, -0.2) is 57.1 Å². The van der Waals surface area contributed by atoms with E-state index in [0.29, 0.717) is 53.8 Å². The summed E-state index contributed by atoms with van der Waals surface area (Å²) < 4.78 is 5.85. The first-order chi connectivity index (χ1) is 17.8. The van der Waals surface area contributed by atoms with Crippen LogP contribution in [0.15, 0.2) is 30.1 Å². The van der Waals surface area contributed by atoms with Gasteiger partial charge >= 0.3 is 12.0 Å². The van der Waals surface area contributed by atoms with Gasteiger partial charge < -0.3 is 25.5 Å². The average molecular weight is 510 g/mol. The summed E-state index contributed by atoms with van der Waals surface area (Å²) in [6.07, 6.45) is 6.88. The molecule has 1 saturated carbocycles. The number of hydrazine groups is 1. The number of hydrogen-bond donors (Lipinski definition) is 3. The van der Waals surface area contributed by atoms with Gasteiger partial charge in [0.25, 0.3) is 0 Å². The Kier molecular flexibility index (Phi) is 8.22. The van der Waals surface area contributed by atoms with Crippen molar-refractivity contribution in [3.05, 3.63) is 47.2 Å². The molecule has 37 heavy (non-hydrogen) atoms. The average Bonchev–Trinajstić information content (AvgIpc) is 2.84. The molecule has 3 heterocycles. The van der Waals surface area contributed by atoms with Gasteiger partial charge in [0.1, 0.15) is 6.61 Å². The summed E-state index contributed by atoms with van der Waals surface area (Å²) in [6, 6.07) is 5.75. The maximum absolute atomic E-state index is 13.0. The largest absolute Gasteiger partial charge is 0.481 e. The number of likely N-dealkylation sites (N-methyl/N-ethyl adjacent to an activating group) is 1. The van der Waals surface area contributed by atoms with Crippen molar-refractivity contribution in [3.63, 3.8) is 0 Å². The van der Waals surface area contributed by atoms with Crippen LogP contribution in [0, 0.1) is 5.92 Å². The van der Waals surface area contributed by atoms with E-state index in [1.807, 2.05) is 19.1 Å². The first kappa shape index (κ1) is 26.3. The molecule has 1 aliphatic heterocycles. The zero-order valence-corrected chi connectivity index (χ0v) is 21.4. The van der Waals surface area contributed by atoms with E-state index in [0.717, 1.165) is 25.0 Å². The second kappa shape index (κ2) is 11.5. The van der Waals surface area contributed by atoms with Gasteiger partial charge in [-0.3, -0.25) is 9.59 Å². The molecule has 0 aromatic carbocycles. The number of carboxylic acid groups (broad SMARTS) is 1. The van der Waals surface area contributed by atoms with Gasteiger partial charge in [-0.15, -0.1) is 0 Å². The smallest absolute Gasteiger partial charge is 0.316 e. The van der Waals surface area contributed by atoms with Crippen LogP contribution in [0.25, 0.3) is 5.70 Å². The zero-order valence-electron chi connectivity index (χ0n) is 21.4. The predicted molar refractivity (Wildman–Crippen MR) is 138 cm³/mol. The zero-order chi connectivity index (χ0) is 26.5. The lowest BCUT2D eigenvalue weighted by molar-refractivity contribution is -0.141.